The Morgan fingerprint density at radius 3 is 2.71 bits per heavy atom. The molecule has 90 valence electrons. The minimum atomic E-state index is 0.0213. The van der Waals surface area contributed by atoms with E-state index in [9.17, 15) is 4.79 Å². The molecule has 1 saturated heterocycles. The van der Waals surface area contributed by atoms with E-state index in [1.54, 1.807) is 0 Å². The van der Waals surface area contributed by atoms with Gasteiger partial charge in [0.25, 0.3) is 5.91 Å². The number of hydrogen-bond acceptors (Lipinski definition) is 3. The second-order valence-electron chi connectivity index (χ2n) is 4.88. The molecule has 0 radical (unpaired) electrons. The number of anilines is 1. The summed E-state index contributed by atoms with van der Waals surface area (Å²) in [5, 5.41) is 9.97. The molecule has 0 unspecified atom stereocenters. The van der Waals surface area contributed by atoms with E-state index in [0.717, 1.165) is 37.2 Å². The van der Waals surface area contributed by atoms with Gasteiger partial charge in [0.05, 0.1) is 11.1 Å². The molecule has 1 amide bonds. The van der Waals surface area contributed by atoms with Crippen molar-refractivity contribution in [1.82, 2.24) is 10.6 Å². The SMILES string of the molecule is O=C1NCC2(CCNCC2)Nc2ccccc21. The van der Waals surface area contributed by atoms with E-state index in [0.29, 0.717) is 6.54 Å². The number of rotatable bonds is 0. The van der Waals surface area contributed by atoms with Crippen molar-refractivity contribution in [2.24, 2.45) is 0 Å². The number of carbonyl (C=O) groups is 1. The molecule has 0 aromatic heterocycles. The molecule has 2 heterocycles. The number of nitrogens with one attached hydrogen (secondary N) is 3. The van der Waals surface area contributed by atoms with Gasteiger partial charge in [-0.2, -0.15) is 0 Å². The molecular weight excluding hydrogens is 214 g/mol. The number of amides is 1. The number of carbonyl (C=O) groups excluding carboxylic acids is 1. The Labute approximate surface area is 101 Å². The maximum absolute atomic E-state index is 12.0. The summed E-state index contributed by atoms with van der Waals surface area (Å²) in [7, 11) is 0. The molecule has 4 heteroatoms. The van der Waals surface area contributed by atoms with Crippen molar-refractivity contribution in [2.75, 3.05) is 25.0 Å². The fourth-order valence-electron chi connectivity index (χ4n) is 2.67. The molecule has 4 nitrogen and oxygen atoms in total. The van der Waals surface area contributed by atoms with E-state index >= 15 is 0 Å². The lowest BCUT2D eigenvalue weighted by molar-refractivity contribution is 0.0947. The average Bonchev–Trinajstić information content (AvgIpc) is 2.50. The van der Waals surface area contributed by atoms with Gasteiger partial charge < -0.3 is 16.0 Å². The Morgan fingerprint density at radius 1 is 1.12 bits per heavy atom. The van der Waals surface area contributed by atoms with Crippen molar-refractivity contribution in [3.8, 4) is 0 Å². The predicted octanol–water partition coefficient (Wildman–Crippen LogP) is 0.964. The molecule has 2 aliphatic heterocycles. The second kappa shape index (κ2) is 4.04. The third kappa shape index (κ3) is 1.89. The third-order valence-electron chi connectivity index (χ3n) is 3.72. The molecule has 0 bridgehead atoms. The van der Waals surface area contributed by atoms with Gasteiger partial charge in [-0.1, -0.05) is 12.1 Å². The molecule has 1 spiro atoms. The van der Waals surface area contributed by atoms with Gasteiger partial charge in [-0.25, -0.2) is 0 Å². The lowest BCUT2D eigenvalue weighted by atomic mass is 9.88. The van der Waals surface area contributed by atoms with Crippen LogP contribution in [0.2, 0.25) is 0 Å². The maximum Gasteiger partial charge on any atom is 0.253 e. The zero-order valence-electron chi connectivity index (χ0n) is 9.75. The molecule has 3 N–H and O–H groups in total. The molecule has 0 atom stereocenters. The molecule has 0 saturated carbocycles. The first-order valence-electron chi connectivity index (χ1n) is 6.15. The highest BCUT2D eigenvalue weighted by atomic mass is 16.1. The van der Waals surface area contributed by atoms with Crippen molar-refractivity contribution in [1.29, 1.82) is 0 Å². The quantitative estimate of drug-likeness (QED) is 0.623. The number of para-hydroxylation sites is 1. The van der Waals surface area contributed by atoms with Gasteiger partial charge in [-0.15, -0.1) is 0 Å². The summed E-state index contributed by atoms with van der Waals surface area (Å²) in [6, 6.07) is 7.74. The Balaban J connectivity index is 1.96. The van der Waals surface area contributed by atoms with E-state index in [4.69, 9.17) is 0 Å². The lowest BCUT2D eigenvalue weighted by Crippen LogP contribution is -2.53. The maximum atomic E-state index is 12.0. The van der Waals surface area contributed by atoms with Crippen LogP contribution in [0.25, 0.3) is 0 Å². The normalized spacial score (nSPS) is 22.2. The molecule has 1 aromatic carbocycles. The molecule has 2 aliphatic rings. The van der Waals surface area contributed by atoms with Crippen LogP contribution in [0.3, 0.4) is 0 Å². The van der Waals surface area contributed by atoms with Crippen LogP contribution in [0.4, 0.5) is 5.69 Å². The monoisotopic (exact) mass is 231 g/mol. The number of benzene rings is 1. The smallest absolute Gasteiger partial charge is 0.253 e. The Kier molecular flexibility index (Phi) is 2.52. The predicted molar refractivity (Wildman–Crippen MR) is 67.2 cm³/mol. The molecule has 17 heavy (non-hydrogen) atoms. The molecule has 3 rings (SSSR count). The van der Waals surface area contributed by atoms with Crippen LogP contribution in [0, 0.1) is 0 Å². The Morgan fingerprint density at radius 2 is 1.88 bits per heavy atom. The zero-order valence-corrected chi connectivity index (χ0v) is 9.75. The topological polar surface area (TPSA) is 53.2 Å². The van der Waals surface area contributed by atoms with Crippen LogP contribution < -0.4 is 16.0 Å². The van der Waals surface area contributed by atoms with Gasteiger partial charge >= 0.3 is 0 Å². The standard InChI is InChI=1S/C13H17N3O/c17-12-10-3-1-2-4-11(10)16-13(9-15-12)5-7-14-8-6-13/h1-4,14,16H,5-9H2,(H,15,17). The first-order valence-corrected chi connectivity index (χ1v) is 6.15. The van der Waals surface area contributed by atoms with Gasteiger partial charge in [0.1, 0.15) is 0 Å². The van der Waals surface area contributed by atoms with Gasteiger partial charge in [-0.3, -0.25) is 4.79 Å². The van der Waals surface area contributed by atoms with Crippen molar-refractivity contribution in [2.45, 2.75) is 18.4 Å². The molecule has 1 aromatic rings. The minimum Gasteiger partial charge on any atom is -0.377 e. The Hall–Kier alpha value is -1.55. The van der Waals surface area contributed by atoms with E-state index in [-0.39, 0.29) is 11.4 Å². The summed E-state index contributed by atoms with van der Waals surface area (Å²) in [5.74, 6) is 0.0310. The van der Waals surface area contributed by atoms with Crippen LogP contribution in [-0.2, 0) is 0 Å². The lowest BCUT2D eigenvalue weighted by Gasteiger charge is -2.38. The summed E-state index contributed by atoms with van der Waals surface area (Å²) in [6.45, 7) is 2.72. The van der Waals surface area contributed by atoms with E-state index in [1.165, 1.54) is 0 Å². The largest absolute Gasteiger partial charge is 0.377 e. The van der Waals surface area contributed by atoms with Crippen molar-refractivity contribution in [3.05, 3.63) is 29.8 Å². The van der Waals surface area contributed by atoms with Crippen LogP contribution in [0.15, 0.2) is 24.3 Å². The second-order valence-corrected chi connectivity index (χ2v) is 4.88. The van der Waals surface area contributed by atoms with Crippen molar-refractivity contribution >= 4 is 11.6 Å². The zero-order chi connectivity index (χ0) is 11.7. The first-order chi connectivity index (χ1) is 8.29. The average molecular weight is 231 g/mol. The highest BCUT2D eigenvalue weighted by molar-refractivity contribution is 6.00. The van der Waals surface area contributed by atoms with Gasteiger partial charge in [0.15, 0.2) is 0 Å². The van der Waals surface area contributed by atoms with Crippen LogP contribution in [-0.4, -0.2) is 31.1 Å². The third-order valence-corrected chi connectivity index (χ3v) is 3.72. The minimum absolute atomic E-state index is 0.0213. The fraction of sp³-hybridized carbons (Fsp3) is 0.462. The highest BCUT2D eigenvalue weighted by Crippen LogP contribution is 2.28. The fourth-order valence-corrected chi connectivity index (χ4v) is 2.67. The number of hydrogen-bond donors (Lipinski definition) is 3. The summed E-state index contributed by atoms with van der Waals surface area (Å²) in [4.78, 5) is 12.0. The first kappa shape index (κ1) is 10.6. The summed E-state index contributed by atoms with van der Waals surface area (Å²) < 4.78 is 0. The van der Waals surface area contributed by atoms with Gasteiger partial charge in [0.2, 0.25) is 0 Å². The highest BCUT2D eigenvalue weighted by Gasteiger charge is 2.35. The molecule has 0 aliphatic carbocycles. The van der Waals surface area contributed by atoms with Crippen molar-refractivity contribution in [3.63, 3.8) is 0 Å². The van der Waals surface area contributed by atoms with E-state index < -0.39 is 0 Å². The van der Waals surface area contributed by atoms with Gasteiger partial charge in [-0.05, 0) is 38.1 Å². The summed E-state index contributed by atoms with van der Waals surface area (Å²) in [6.07, 6.45) is 2.09. The summed E-state index contributed by atoms with van der Waals surface area (Å²) in [5.41, 5.74) is 1.74. The van der Waals surface area contributed by atoms with Crippen LogP contribution in [0.5, 0.6) is 0 Å². The Bertz CT molecular complexity index is 438. The number of fused-ring (bicyclic) bond motifs is 1. The van der Waals surface area contributed by atoms with Crippen molar-refractivity contribution < 1.29 is 4.79 Å². The van der Waals surface area contributed by atoms with Gasteiger partial charge in [0, 0.05) is 12.2 Å². The number of piperidine rings is 1. The van der Waals surface area contributed by atoms with E-state index in [1.807, 2.05) is 24.3 Å². The summed E-state index contributed by atoms with van der Waals surface area (Å²) >= 11 is 0. The van der Waals surface area contributed by atoms with Crippen LogP contribution in [0.1, 0.15) is 23.2 Å². The van der Waals surface area contributed by atoms with Crippen LogP contribution >= 0.6 is 0 Å². The molecule has 1 fully saturated rings. The molecular formula is C13H17N3O. The van der Waals surface area contributed by atoms with E-state index in [2.05, 4.69) is 16.0 Å².